The summed E-state index contributed by atoms with van der Waals surface area (Å²) in [4.78, 5) is 2.34. The molecule has 4 heteroatoms. The Kier molecular flexibility index (Phi) is 7.20. The molecule has 0 aliphatic carbocycles. The zero-order valence-corrected chi connectivity index (χ0v) is 31.2. The van der Waals surface area contributed by atoms with Crippen molar-refractivity contribution in [2.24, 2.45) is 0 Å². The molecule has 272 valence electrons. The molecule has 0 spiro atoms. The topological polar surface area (TPSA) is 42.7 Å². The number of fused-ring (bicyclic) bond motifs is 9. The quantitative estimate of drug-likeness (QED) is 0.170. The van der Waals surface area contributed by atoms with Crippen LogP contribution in [0.15, 0.2) is 213 Å². The third kappa shape index (κ3) is 5.09. The van der Waals surface area contributed by atoms with Gasteiger partial charge >= 0.3 is 0 Å². The minimum atomic E-state index is 0.884. The van der Waals surface area contributed by atoms with Gasteiger partial charge in [-0.05, 0) is 71.3 Å². The van der Waals surface area contributed by atoms with Crippen LogP contribution in [-0.4, -0.2) is 0 Å². The van der Waals surface area contributed by atoms with Crippen LogP contribution in [0.4, 0.5) is 17.1 Å². The summed E-state index contributed by atoms with van der Waals surface area (Å²) in [5.41, 5.74) is 14.7. The first-order valence-electron chi connectivity index (χ1n) is 19.6. The summed E-state index contributed by atoms with van der Waals surface area (Å²) in [6, 6.07) is 70.2. The van der Waals surface area contributed by atoms with E-state index in [9.17, 15) is 0 Å². The highest BCUT2D eigenvalue weighted by Crippen LogP contribution is 2.44. The minimum Gasteiger partial charge on any atom is -0.455 e. The van der Waals surface area contributed by atoms with Gasteiger partial charge in [0, 0.05) is 66.1 Å². The maximum Gasteiger partial charge on any atom is 0.143 e. The van der Waals surface area contributed by atoms with Crippen LogP contribution in [0.3, 0.4) is 0 Å². The first kappa shape index (κ1) is 32.4. The fourth-order valence-electron chi connectivity index (χ4n) is 8.81. The molecule has 0 bridgehead atoms. The summed E-state index contributed by atoms with van der Waals surface area (Å²) in [5.74, 6) is 0. The molecule has 12 aromatic rings. The standard InChI is InChI=1S/C54H33NO3/c1-4-28-49-43(19-1)46-25-10-22-40(52(46)56-49)34-13-7-16-37(31-34)55(38-17-8-14-35(32-38)41-23-11-26-47-44-20-2-5-29-50(44)57-53(41)47)39-18-9-15-36(33-39)42-24-12-27-48-45-21-3-6-30-51(45)58-54(42)48/h1-33H. The largest absolute Gasteiger partial charge is 0.455 e. The Bertz CT molecular complexity index is 3170. The van der Waals surface area contributed by atoms with Crippen molar-refractivity contribution in [3.63, 3.8) is 0 Å². The molecular formula is C54H33NO3. The Morgan fingerprint density at radius 3 is 0.897 bits per heavy atom. The maximum atomic E-state index is 6.52. The second kappa shape index (κ2) is 12.9. The number of hydrogen-bond donors (Lipinski definition) is 0. The molecule has 0 N–H and O–H groups in total. The summed E-state index contributed by atoms with van der Waals surface area (Å²) >= 11 is 0. The van der Waals surface area contributed by atoms with Gasteiger partial charge in [0.05, 0.1) is 0 Å². The van der Waals surface area contributed by atoms with Gasteiger partial charge in [-0.2, -0.15) is 0 Å². The van der Waals surface area contributed by atoms with Crippen LogP contribution < -0.4 is 4.90 Å². The first-order valence-corrected chi connectivity index (χ1v) is 19.6. The highest BCUT2D eigenvalue weighted by atomic mass is 16.3. The van der Waals surface area contributed by atoms with Crippen LogP contribution in [-0.2, 0) is 0 Å². The van der Waals surface area contributed by atoms with E-state index in [2.05, 4.69) is 169 Å². The van der Waals surface area contributed by atoms with Crippen molar-refractivity contribution >= 4 is 82.9 Å². The van der Waals surface area contributed by atoms with Crippen molar-refractivity contribution in [2.75, 3.05) is 4.90 Å². The van der Waals surface area contributed by atoms with E-state index in [1.165, 1.54) is 0 Å². The lowest BCUT2D eigenvalue weighted by molar-refractivity contribution is 0.669. The van der Waals surface area contributed by atoms with Crippen LogP contribution in [0.1, 0.15) is 0 Å². The van der Waals surface area contributed by atoms with Gasteiger partial charge in [0.15, 0.2) is 0 Å². The molecule has 9 aromatic carbocycles. The van der Waals surface area contributed by atoms with E-state index in [0.29, 0.717) is 0 Å². The van der Waals surface area contributed by atoms with Crippen molar-refractivity contribution in [1.29, 1.82) is 0 Å². The van der Waals surface area contributed by atoms with Crippen molar-refractivity contribution in [3.05, 3.63) is 200 Å². The summed E-state index contributed by atoms with van der Waals surface area (Å²) in [6.07, 6.45) is 0. The van der Waals surface area contributed by atoms with Crippen LogP contribution >= 0.6 is 0 Å². The predicted molar refractivity (Wildman–Crippen MR) is 239 cm³/mol. The molecule has 0 radical (unpaired) electrons. The number of nitrogens with zero attached hydrogens (tertiary/aromatic N) is 1. The van der Waals surface area contributed by atoms with Gasteiger partial charge in [0.2, 0.25) is 0 Å². The highest BCUT2D eigenvalue weighted by Gasteiger charge is 2.20. The highest BCUT2D eigenvalue weighted by molar-refractivity contribution is 6.12. The molecule has 0 fully saturated rings. The number of hydrogen-bond acceptors (Lipinski definition) is 4. The van der Waals surface area contributed by atoms with Gasteiger partial charge in [-0.25, -0.2) is 0 Å². The van der Waals surface area contributed by atoms with Gasteiger partial charge in [-0.3, -0.25) is 0 Å². The second-order valence-corrected chi connectivity index (χ2v) is 14.8. The van der Waals surface area contributed by atoms with Crippen LogP contribution in [0.5, 0.6) is 0 Å². The van der Waals surface area contributed by atoms with Gasteiger partial charge in [-0.1, -0.05) is 146 Å². The van der Waals surface area contributed by atoms with E-state index in [0.717, 1.165) is 116 Å². The minimum absolute atomic E-state index is 0.884. The van der Waals surface area contributed by atoms with E-state index in [1.807, 2.05) is 36.4 Å². The number of benzene rings is 9. The Morgan fingerprint density at radius 1 is 0.259 bits per heavy atom. The van der Waals surface area contributed by atoms with Crippen LogP contribution in [0.2, 0.25) is 0 Å². The molecule has 0 unspecified atom stereocenters. The van der Waals surface area contributed by atoms with Gasteiger partial charge < -0.3 is 18.2 Å². The van der Waals surface area contributed by atoms with Crippen LogP contribution in [0.25, 0.3) is 99.2 Å². The van der Waals surface area contributed by atoms with Crippen molar-refractivity contribution in [2.45, 2.75) is 0 Å². The second-order valence-electron chi connectivity index (χ2n) is 14.8. The SMILES string of the molecule is c1cc(-c2cccc3c2oc2ccccc23)cc(N(c2cccc(-c3cccc4c3oc3ccccc34)c2)c2cccc(-c3cccc4c3oc3ccccc34)c2)c1. The monoisotopic (exact) mass is 743 g/mol. The molecule has 0 saturated carbocycles. The van der Waals surface area contributed by atoms with Gasteiger partial charge in [0.25, 0.3) is 0 Å². The number of anilines is 3. The number of para-hydroxylation sites is 6. The average molecular weight is 744 g/mol. The molecule has 0 atom stereocenters. The average Bonchev–Trinajstić information content (AvgIpc) is 3.98. The molecule has 58 heavy (non-hydrogen) atoms. The summed E-state index contributed by atoms with van der Waals surface area (Å²) < 4.78 is 19.6. The number of rotatable bonds is 6. The Balaban J connectivity index is 1.05. The first-order chi connectivity index (χ1) is 28.7. The van der Waals surface area contributed by atoms with Crippen LogP contribution in [0, 0.1) is 0 Å². The van der Waals surface area contributed by atoms with Crippen molar-refractivity contribution in [3.8, 4) is 33.4 Å². The Morgan fingerprint density at radius 2 is 0.552 bits per heavy atom. The predicted octanol–water partition coefficient (Wildman–Crippen LogP) is 15.9. The molecule has 0 saturated heterocycles. The third-order valence-corrected chi connectivity index (χ3v) is 11.5. The normalized spacial score (nSPS) is 11.8. The van der Waals surface area contributed by atoms with E-state index in [-0.39, 0.29) is 0 Å². The number of furan rings is 3. The van der Waals surface area contributed by atoms with E-state index in [4.69, 9.17) is 13.3 Å². The van der Waals surface area contributed by atoms with E-state index >= 15 is 0 Å². The molecule has 0 aliphatic heterocycles. The smallest absolute Gasteiger partial charge is 0.143 e. The molecule has 0 amide bonds. The molecule has 3 heterocycles. The van der Waals surface area contributed by atoms with Crippen molar-refractivity contribution < 1.29 is 13.3 Å². The lowest BCUT2D eigenvalue weighted by Gasteiger charge is -2.27. The molecule has 0 aliphatic rings. The zero-order chi connectivity index (χ0) is 38.2. The fourth-order valence-corrected chi connectivity index (χ4v) is 8.81. The lowest BCUT2D eigenvalue weighted by Crippen LogP contribution is -2.10. The van der Waals surface area contributed by atoms with Gasteiger partial charge in [0.1, 0.15) is 33.5 Å². The Hall–Kier alpha value is -7.82. The van der Waals surface area contributed by atoms with Gasteiger partial charge in [-0.15, -0.1) is 0 Å². The third-order valence-electron chi connectivity index (χ3n) is 11.5. The fraction of sp³-hybridized carbons (Fsp3) is 0. The molecule has 12 rings (SSSR count). The zero-order valence-electron chi connectivity index (χ0n) is 31.2. The molecule has 4 nitrogen and oxygen atoms in total. The van der Waals surface area contributed by atoms with E-state index in [1.54, 1.807) is 0 Å². The summed E-state index contributed by atoms with van der Waals surface area (Å²) in [5, 5.41) is 6.67. The summed E-state index contributed by atoms with van der Waals surface area (Å²) in [7, 11) is 0. The summed E-state index contributed by atoms with van der Waals surface area (Å²) in [6.45, 7) is 0. The Labute approximate surface area is 333 Å². The van der Waals surface area contributed by atoms with Crippen molar-refractivity contribution in [1.82, 2.24) is 0 Å². The molecule has 3 aromatic heterocycles. The maximum absolute atomic E-state index is 6.52. The lowest BCUT2D eigenvalue weighted by atomic mass is 9.99. The van der Waals surface area contributed by atoms with E-state index < -0.39 is 0 Å². The molecular weight excluding hydrogens is 711 g/mol.